The normalized spacial score (nSPS) is 13.2. The molecule has 0 bridgehead atoms. The quantitative estimate of drug-likeness (QED) is 0.542. The van der Waals surface area contributed by atoms with E-state index in [1.54, 1.807) is 31.3 Å². The molecule has 10 heteroatoms. The molecule has 3 aromatic rings. The first-order valence-electron chi connectivity index (χ1n) is 9.32. The first-order chi connectivity index (χ1) is 14.8. The fourth-order valence-electron chi connectivity index (χ4n) is 3.10. The molecule has 2 heterocycles. The maximum absolute atomic E-state index is 12.5. The van der Waals surface area contributed by atoms with Gasteiger partial charge in [0.2, 0.25) is 5.91 Å². The van der Waals surface area contributed by atoms with Crippen LogP contribution in [0, 0.1) is 0 Å². The number of para-hydroxylation sites is 1. The van der Waals surface area contributed by atoms with Crippen LogP contribution in [-0.2, 0) is 27.8 Å². The number of likely N-dealkylation sites (N-methyl/N-ethyl adjacent to an activating group) is 1. The Balaban J connectivity index is 1.37. The Bertz CT molecular complexity index is 1240. The Kier molecular flexibility index (Phi) is 5.49. The number of carbonyl (C=O) groups is 2. The number of amides is 2. The van der Waals surface area contributed by atoms with Crippen molar-refractivity contribution in [3.05, 3.63) is 77.7 Å². The van der Waals surface area contributed by atoms with E-state index in [1.165, 1.54) is 23.1 Å². The lowest BCUT2D eigenvalue weighted by Gasteiger charge is -2.11. The lowest BCUT2D eigenvalue weighted by Crippen LogP contribution is -2.41. The minimum atomic E-state index is -4.04. The van der Waals surface area contributed by atoms with Gasteiger partial charge in [-0.05, 0) is 48.0 Å². The first-order valence-corrected chi connectivity index (χ1v) is 10.8. The number of nitrogens with one attached hydrogen (secondary N) is 2. The first kappa shape index (κ1) is 20.6. The number of fused-ring (bicyclic) bond motifs is 1. The molecule has 1 aliphatic rings. The molecule has 1 aromatic heterocycles. The third-order valence-electron chi connectivity index (χ3n) is 4.75. The van der Waals surface area contributed by atoms with Crippen LogP contribution in [0.2, 0.25) is 0 Å². The third kappa shape index (κ3) is 4.44. The second-order valence-electron chi connectivity index (χ2n) is 6.85. The largest absolute Gasteiger partial charge is 0.486 e. The van der Waals surface area contributed by atoms with E-state index in [1.807, 2.05) is 23.0 Å². The zero-order valence-corrected chi connectivity index (χ0v) is 17.3. The monoisotopic (exact) mass is 441 g/mol. The van der Waals surface area contributed by atoms with E-state index in [2.05, 4.69) is 5.43 Å². The summed E-state index contributed by atoms with van der Waals surface area (Å²) in [6.07, 6.45) is 0.127. The molecule has 2 aromatic carbocycles. The van der Waals surface area contributed by atoms with Crippen LogP contribution in [0.25, 0.3) is 0 Å². The molecule has 160 valence electrons. The van der Waals surface area contributed by atoms with Gasteiger partial charge in [0.15, 0.2) is 5.76 Å². The number of anilines is 1. The van der Waals surface area contributed by atoms with Crippen LogP contribution >= 0.6 is 0 Å². The molecule has 4 rings (SSSR count). The van der Waals surface area contributed by atoms with Gasteiger partial charge in [0.1, 0.15) is 18.1 Å². The second kappa shape index (κ2) is 8.25. The van der Waals surface area contributed by atoms with E-state index in [0.29, 0.717) is 22.8 Å². The number of benzene rings is 2. The van der Waals surface area contributed by atoms with Gasteiger partial charge in [-0.2, -0.15) is 0 Å². The van der Waals surface area contributed by atoms with Gasteiger partial charge in [0.25, 0.3) is 10.0 Å². The molecular weight excluding hydrogens is 422 g/mol. The zero-order chi connectivity index (χ0) is 22.0. The molecule has 9 nitrogen and oxygen atoms in total. The van der Waals surface area contributed by atoms with Gasteiger partial charge in [0, 0.05) is 12.7 Å². The Morgan fingerprint density at radius 1 is 1.13 bits per heavy atom. The van der Waals surface area contributed by atoms with E-state index < -0.39 is 15.9 Å². The van der Waals surface area contributed by atoms with Crippen LogP contribution in [0.1, 0.15) is 21.9 Å². The average Bonchev–Trinajstić information content (AvgIpc) is 3.36. The third-order valence-corrected chi connectivity index (χ3v) is 5.99. The van der Waals surface area contributed by atoms with Crippen molar-refractivity contribution in [1.29, 1.82) is 0 Å². The number of rotatable bonds is 7. The molecule has 2 N–H and O–H groups in total. The summed E-state index contributed by atoms with van der Waals surface area (Å²) in [5, 5.41) is 0. The number of hydrogen-bond donors (Lipinski definition) is 2. The van der Waals surface area contributed by atoms with Crippen LogP contribution in [0.3, 0.4) is 0 Å². The molecule has 0 saturated carbocycles. The molecule has 0 saturated heterocycles. The van der Waals surface area contributed by atoms with Gasteiger partial charge < -0.3 is 14.1 Å². The molecule has 0 aliphatic carbocycles. The second-order valence-corrected chi connectivity index (χ2v) is 8.53. The van der Waals surface area contributed by atoms with Gasteiger partial charge in [-0.25, -0.2) is 8.42 Å². The lowest BCUT2D eigenvalue weighted by atomic mass is 10.2. The van der Waals surface area contributed by atoms with Crippen molar-refractivity contribution >= 4 is 27.5 Å². The molecular formula is C21H19N3O6S. The van der Waals surface area contributed by atoms with Crippen molar-refractivity contribution in [3.8, 4) is 5.75 Å². The van der Waals surface area contributed by atoms with E-state index in [4.69, 9.17) is 9.15 Å². The van der Waals surface area contributed by atoms with Crippen molar-refractivity contribution in [3.63, 3.8) is 0 Å². The summed E-state index contributed by atoms with van der Waals surface area (Å²) in [5.41, 5.74) is 3.39. The smallest absolute Gasteiger partial charge is 0.301 e. The average molecular weight is 441 g/mol. The Morgan fingerprint density at radius 2 is 1.90 bits per heavy atom. The molecule has 31 heavy (non-hydrogen) atoms. The van der Waals surface area contributed by atoms with Gasteiger partial charge in [0.05, 0.1) is 11.3 Å². The van der Waals surface area contributed by atoms with Crippen molar-refractivity contribution in [2.24, 2.45) is 0 Å². The number of hydrazine groups is 1. The summed E-state index contributed by atoms with van der Waals surface area (Å²) < 4.78 is 36.0. The number of furan rings is 1. The maximum Gasteiger partial charge on any atom is 0.301 e. The van der Waals surface area contributed by atoms with Crippen LogP contribution in [0.5, 0.6) is 5.75 Å². The minimum absolute atomic E-state index is 0.0638. The highest BCUT2D eigenvalue weighted by atomic mass is 32.2. The zero-order valence-electron chi connectivity index (χ0n) is 16.5. The fraction of sp³-hybridized carbons (Fsp3) is 0.143. The number of hydrogen-bond acceptors (Lipinski definition) is 6. The minimum Gasteiger partial charge on any atom is -0.486 e. The molecule has 0 atom stereocenters. The molecule has 1 aliphatic heterocycles. The van der Waals surface area contributed by atoms with Gasteiger partial charge in [-0.1, -0.05) is 18.2 Å². The fourth-order valence-corrected chi connectivity index (χ4v) is 3.99. The Labute approximate surface area is 178 Å². The highest BCUT2D eigenvalue weighted by Crippen LogP contribution is 2.29. The van der Waals surface area contributed by atoms with Crippen molar-refractivity contribution in [2.75, 3.05) is 11.9 Å². The molecule has 0 spiro atoms. The predicted octanol–water partition coefficient (Wildman–Crippen LogP) is 2.00. The van der Waals surface area contributed by atoms with Gasteiger partial charge in [-0.3, -0.25) is 15.0 Å². The number of ether oxygens (including phenoxy) is 1. The Morgan fingerprint density at radius 3 is 2.68 bits per heavy atom. The standard InChI is InChI=1S/C21H19N3O6S/c1-24-18-9-8-17(11-14(18)12-20(24)25)31(27,28)23-22-21(26)19-10-7-16(30-19)13-29-15-5-3-2-4-6-15/h2-11,23H,12-13H2,1H3,(H,22,26). The summed E-state index contributed by atoms with van der Waals surface area (Å²) in [4.78, 5) is 27.5. The lowest BCUT2D eigenvalue weighted by molar-refractivity contribution is -0.117. The van der Waals surface area contributed by atoms with Crippen molar-refractivity contribution in [2.45, 2.75) is 17.9 Å². The van der Waals surface area contributed by atoms with E-state index in [0.717, 1.165) is 0 Å². The molecule has 0 fully saturated rings. The van der Waals surface area contributed by atoms with Crippen molar-refractivity contribution < 1.29 is 27.2 Å². The summed E-state index contributed by atoms with van der Waals surface area (Å²) >= 11 is 0. The predicted molar refractivity (Wildman–Crippen MR) is 111 cm³/mol. The number of nitrogens with zero attached hydrogens (tertiary/aromatic N) is 1. The summed E-state index contributed by atoms with van der Waals surface area (Å²) in [6.45, 7) is 0.116. The molecule has 0 radical (unpaired) electrons. The van der Waals surface area contributed by atoms with Crippen LogP contribution in [0.4, 0.5) is 5.69 Å². The van der Waals surface area contributed by atoms with Crippen LogP contribution in [-0.4, -0.2) is 27.3 Å². The summed E-state index contributed by atoms with van der Waals surface area (Å²) in [7, 11) is -2.41. The van der Waals surface area contributed by atoms with Crippen LogP contribution in [0.15, 0.2) is 70.0 Å². The van der Waals surface area contributed by atoms with Crippen LogP contribution < -0.4 is 19.9 Å². The topological polar surface area (TPSA) is 118 Å². The summed E-state index contributed by atoms with van der Waals surface area (Å²) in [5.74, 6) is 0.112. The van der Waals surface area contributed by atoms with E-state index in [-0.39, 0.29) is 29.6 Å². The maximum atomic E-state index is 12.5. The summed E-state index contributed by atoms with van der Waals surface area (Å²) in [6, 6.07) is 16.4. The molecule has 0 unspecified atom stereocenters. The van der Waals surface area contributed by atoms with E-state index >= 15 is 0 Å². The van der Waals surface area contributed by atoms with E-state index in [9.17, 15) is 18.0 Å². The Hall–Kier alpha value is -3.63. The molecule has 2 amide bonds. The highest BCUT2D eigenvalue weighted by Gasteiger charge is 2.26. The number of carbonyl (C=O) groups excluding carboxylic acids is 2. The van der Waals surface area contributed by atoms with Crippen molar-refractivity contribution in [1.82, 2.24) is 10.3 Å². The number of sulfonamides is 1. The highest BCUT2D eigenvalue weighted by molar-refractivity contribution is 7.89. The SMILES string of the molecule is CN1C(=O)Cc2cc(S(=O)(=O)NNC(=O)c3ccc(COc4ccccc4)o3)ccc21. The van der Waals surface area contributed by atoms with Gasteiger partial charge >= 0.3 is 5.91 Å². The van der Waals surface area contributed by atoms with Gasteiger partial charge in [-0.15, -0.1) is 4.83 Å².